The summed E-state index contributed by atoms with van der Waals surface area (Å²) >= 11 is 0. The molecule has 102 valence electrons. The van der Waals surface area contributed by atoms with Crippen molar-refractivity contribution in [2.75, 3.05) is 11.4 Å². The second-order valence-corrected chi connectivity index (χ2v) is 5.90. The van der Waals surface area contributed by atoms with E-state index in [2.05, 4.69) is 4.90 Å². The molecule has 1 heterocycles. The number of aromatic carboxylic acids is 1. The smallest absolute Gasteiger partial charge is 0.335 e. The second kappa shape index (κ2) is 4.87. The molecule has 2 aliphatic rings. The van der Waals surface area contributed by atoms with Crippen LogP contribution in [-0.4, -0.2) is 23.7 Å². The number of nitrogens with zero attached hydrogens (tertiary/aromatic N) is 1. The van der Waals surface area contributed by atoms with E-state index >= 15 is 0 Å². The van der Waals surface area contributed by atoms with Gasteiger partial charge in [0.15, 0.2) is 0 Å². The van der Waals surface area contributed by atoms with Crippen molar-refractivity contribution in [1.29, 1.82) is 0 Å². The largest absolute Gasteiger partial charge is 0.478 e. The van der Waals surface area contributed by atoms with Crippen LogP contribution in [0.3, 0.4) is 0 Å². The lowest BCUT2D eigenvalue weighted by Crippen LogP contribution is -2.43. The first-order valence-corrected chi connectivity index (χ1v) is 7.27. The Morgan fingerprint density at radius 3 is 2.79 bits per heavy atom. The van der Waals surface area contributed by atoms with E-state index in [9.17, 15) is 4.79 Å². The topological polar surface area (TPSA) is 40.5 Å². The molecule has 0 amide bonds. The van der Waals surface area contributed by atoms with Gasteiger partial charge in [-0.05, 0) is 62.3 Å². The lowest BCUT2D eigenvalue weighted by atomic mass is 9.91. The normalized spacial score (nSPS) is 26.3. The van der Waals surface area contributed by atoms with Crippen LogP contribution in [0.15, 0.2) is 18.2 Å². The van der Waals surface area contributed by atoms with Gasteiger partial charge in [-0.1, -0.05) is 6.42 Å². The molecular weight excluding hydrogens is 238 g/mol. The molecule has 1 saturated heterocycles. The Labute approximate surface area is 114 Å². The van der Waals surface area contributed by atoms with Crippen molar-refractivity contribution in [3.8, 4) is 0 Å². The van der Waals surface area contributed by atoms with Crippen LogP contribution >= 0.6 is 0 Å². The van der Waals surface area contributed by atoms with E-state index < -0.39 is 5.97 Å². The van der Waals surface area contributed by atoms with Crippen molar-refractivity contribution in [2.24, 2.45) is 5.92 Å². The maximum atomic E-state index is 11.0. The SMILES string of the molecule is Cc1cc(C(=O)O)ccc1N1CCCC2CCCC21. The van der Waals surface area contributed by atoms with Crippen LogP contribution < -0.4 is 4.90 Å². The minimum atomic E-state index is -0.841. The van der Waals surface area contributed by atoms with E-state index in [4.69, 9.17) is 5.11 Å². The van der Waals surface area contributed by atoms with Crippen molar-refractivity contribution in [3.63, 3.8) is 0 Å². The van der Waals surface area contributed by atoms with Gasteiger partial charge in [0.1, 0.15) is 0 Å². The Morgan fingerprint density at radius 1 is 1.26 bits per heavy atom. The van der Waals surface area contributed by atoms with Crippen LogP contribution in [0.2, 0.25) is 0 Å². The fraction of sp³-hybridized carbons (Fsp3) is 0.562. The molecular formula is C16H21NO2. The highest BCUT2D eigenvalue weighted by Gasteiger charge is 2.35. The number of carboxylic acid groups (broad SMARTS) is 1. The first-order valence-electron chi connectivity index (χ1n) is 7.27. The van der Waals surface area contributed by atoms with Crippen molar-refractivity contribution < 1.29 is 9.90 Å². The number of hydrogen-bond donors (Lipinski definition) is 1. The fourth-order valence-corrected chi connectivity index (χ4v) is 3.86. The number of benzene rings is 1. The highest BCUT2D eigenvalue weighted by Crippen LogP contribution is 2.40. The molecule has 1 N–H and O–H groups in total. The molecule has 3 rings (SSSR count). The highest BCUT2D eigenvalue weighted by molar-refractivity contribution is 5.88. The van der Waals surface area contributed by atoms with Crippen LogP contribution in [0.1, 0.15) is 48.0 Å². The van der Waals surface area contributed by atoms with Gasteiger partial charge in [-0.25, -0.2) is 4.79 Å². The summed E-state index contributed by atoms with van der Waals surface area (Å²) in [7, 11) is 0. The first kappa shape index (κ1) is 12.5. The predicted octanol–water partition coefficient (Wildman–Crippen LogP) is 3.46. The summed E-state index contributed by atoms with van der Waals surface area (Å²) in [5.41, 5.74) is 2.72. The molecule has 1 aromatic rings. The molecule has 2 unspecified atom stereocenters. The van der Waals surface area contributed by atoms with Crippen LogP contribution in [0, 0.1) is 12.8 Å². The van der Waals surface area contributed by atoms with E-state index in [0.29, 0.717) is 11.6 Å². The summed E-state index contributed by atoms with van der Waals surface area (Å²) < 4.78 is 0. The quantitative estimate of drug-likeness (QED) is 0.884. The zero-order chi connectivity index (χ0) is 13.4. The molecule has 3 heteroatoms. The fourth-order valence-electron chi connectivity index (χ4n) is 3.86. The molecule has 3 nitrogen and oxygen atoms in total. The van der Waals surface area contributed by atoms with E-state index in [1.54, 1.807) is 12.1 Å². The summed E-state index contributed by atoms with van der Waals surface area (Å²) in [6.07, 6.45) is 6.64. The highest BCUT2D eigenvalue weighted by atomic mass is 16.4. The Balaban J connectivity index is 1.90. The summed E-state index contributed by atoms with van der Waals surface area (Å²) in [4.78, 5) is 13.5. The van der Waals surface area contributed by atoms with Crippen molar-refractivity contribution in [1.82, 2.24) is 0 Å². The molecule has 1 aliphatic heterocycles. The predicted molar refractivity (Wildman–Crippen MR) is 75.8 cm³/mol. The van der Waals surface area contributed by atoms with Crippen LogP contribution in [0.5, 0.6) is 0 Å². The zero-order valence-electron chi connectivity index (χ0n) is 11.4. The second-order valence-electron chi connectivity index (χ2n) is 5.90. The summed E-state index contributed by atoms with van der Waals surface area (Å²) in [5, 5.41) is 9.05. The van der Waals surface area contributed by atoms with Gasteiger partial charge in [0.25, 0.3) is 0 Å². The maximum Gasteiger partial charge on any atom is 0.335 e. The third kappa shape index (κ3) is 2.22. The molecule has 0 aromatic heterocycles. The molecule has 2 fully saturated rings. The van der Waals surface area contributed by atoms with E-state index in [1.807, 2.05) is 13.0 Å². The third-order valence-electron chi connectivity index (χ3n) is 4.75. The number of carboxylic acids is 1. The molecule has 1 aromatic carbocycles. The van der Waals surface area contributed by atoms with Gasteiger partial charge in [-0.2, -0.15) is 0 Å². The summed E-state index contributed by atoms with van der Waals surface area (Å²) in [6.45, 7) is 3.15. The van der Waals surface area contributed by atoms with Crippen molar-refractivity contribution in [3.05, 3.63) is 29.3 Å². The Bertz CT molecular complexity index is 498. The average molecular weight is 259 g/mol. The van der Waals surface area contributed by atoms with Crippen molar-refractivity contribution >= 4 is 11.7 Å². The minimum absolute atomic E-state index is 0.390. The summed E-state index contributed by atoms with van der Waals surface area (Å²) in [6, 6.07) is 6.22. The van der Waals surface area contributed by atoms with Gasteiger partial charge < -0.3 is 10.0 Å². The standard InChI is InChI=1S/C16H21NO2/c1-11-10-13(16(18)19)7-8-14(11)17-9-3-5-12-4-2-6-15(12)17/h7-8,10,12,15H,2-6,9H2,1H3,(H,18,19). The average Bonchev–Trinajstić information content (AvgIpc) is 2.86. The van der Waals surface area contributed by atoms with Crippen LogP contribution in [0.25, 0.3) is 0 Å². The van der Waals surface area contributed by atoms with Gasteiger partial charge in [0.05, 0.1) is 5.56 Å². The van der Waals surface area contributed by atoms with Gasteiger partial charge in [0, 0.05) is 18.3 Å². The Morgan fingerprint density at radius 2 is 2.05 bits per heavy atom. The molecule has 0 spiro atoms. The van der Waals surface area contributed by atoms with Crippen LogP contribution in [0.4, 0.5) is 5.69 Å². The van der Waals surface area contributed by atoms with E-state index in [-0.39, 0.29) is 0 Å². The third-order valence-corrected chi connectivity index (χ3v) is 4.75. The lowest BCUT2D eigenvalue weighted by Gasteiger charge is -2.40. The number of anilines is 1. The van der Waals surface area contributed by atoms with Crippen molar-refractivity contribution in [2.45, 2.75) is 45.1 Å². The number of aryl methyl sites for hydroxylation is 1. The zero-order valence-corrected chi connectivity index (χ0v) is 11.4. The minimum Gasteiger partial charge on any atom is -0.478 e. The number of carbonyl (C=O) groups is 1. The summed E-state index contributed by atoms with van der Waals surface area (Å²) in [5.74, 6) is 0.0133. The van der Waals surface area contributed by atoms with Gasteiger partial charge >= 0.3 is 5.97 Å². The van der Waals surface area contributed by atoms with Gasteiger partial charge in [0.2, 0.25) is 0 Å². The molecule has 1 aliphatic carbocycles. The number of piperidine rings is 1. The Hall–Kier alpha value is -1.51. The maximum absolute atomic E-state index is 11.0. The molecule has 0 bridgehead atoms. The van der Waals surface area contributed by atoms with Gasteiger partial charge in [-0.3, -0.25) is 0 Å². The number of fused-ring (bicyclic) bond motifs is 1. The first-order chi connectivity index (χ1) is 9.16. The van der Waals surface area contributed by atoms with Crippen LogP contribution in [-0.2, 0) is 0 Å². The number of hydrogen-bond acceptors (Lipinski definition) is 2. The monoisotopic (exact) mass is 259 g/mol. The number of rotatable bonds is 2. The molecule has 2 atom stereocenters. The molecule has 0 radical (unpaired) electrons. The molecule has 19 heavy (non-hydrogen) atoms. The molecule has 1 saturated carbocycles. The van der Waals surface area contributed by atoms with E-state index in [0.717, 1.165) is 18.0 Å². The Kier molecular flexibility index (Phi) is 3.21. The van der Waals surface area contributed by atoms with Gasteiger partial charge in [-0.15, -0.1) is 0 Å². The lowest BCUT2D eigenvalue weighted by molar-refractivity contribution is 0.0697. The van der Waals surface area contributed by atoms with E-state index in [1.165, 1.54) is 37.8 Å².